The van der Waals surface area contributed by atoms with Crippen LogP contribution in [0.2, 0.25) is 0 Å². The van der Waals surface area contributed by atoms with Crippen LogP contribution in [0, 0.1) is 0 Å². The van der Waals surface area contributed by atoms with E-state index in [1.807, 2.05) is 0 Å². The normalized spacial score (nSPS) is 11.5. The van der Waals surface area contributed by atoms with Gasteiger partial charge in [0.1, 0.15) is 0 Å². The second-order valence-corrected chi connectivity index (χ2v) is 4.16. The Labute approximate surface area is 84.9 Å². The summed E-state index contributed by atoms with van der Waals surface area (Å²) in [6, 6.07) is 5.49. The van der Waals surface area contributed by atoms with Crippen LogP contribution in [0.1, 0.15) is 0 Å². The summed E-state index contributed by atoms with van der Waals surface area (Å²) in [7, 11) is -4.15. The van der Waals surface area contributed by atoms with Crippen molar-refractivity contribution in [1.29, 1.82) is 0 Å². The zero-order valence-corrected chi connectivity index (χ0v) is 8.14. The number of nitrogens with one attached hydrogen (secondary N) is 1. The number of benzene rings is 1. The van der Waals surface area contributed by atoms with Gasteiger partial charge in [0.25, 0.3) is 10.1 Å². The maximum absolute atomic E-state index is 10.7. The summed E-state index contributed by atoms with van der Waals surface area (Å²) in [6.07, 6.45) is 0. The van der Waals surface area contributed by atoms with E-state index in [1.165, 1.54) is 24.3 Å². The van der Waals surface area contributed by atoms with E-state index >= 15 is 0 Å². The van der Waals surface area contributed by atoms with Crippen molar-refractivity contribution in [2.24, 2.45) is 0 Å². The van der Waals surface area contributed by atoms with Crippen LogP contribution in [0.4, 0.5) is 0 Å². The molecule has 7 nitrogen and oxygen atoms in total. The number of nitrogens with zero attached hydrogens (tertiary/aromatic N) is 3. The van der Waals surface area contributed by atoms with Crippen molar-refractivity contribution in [3.63, 3.8) is 0 Å². The predicted octanol–water partition coefficient (Wildman–Crippen LogP) is 0.113. The molecule has 1 heterocycles. The van der Waals surface area contributed by atoms with Gasteiger partial charge in [-0.05, 0) is 29.5 Å². The van der Waals surface area contributed by atoms with E-state index < -0.39 is 10.1 Å². The average molecular weight is 226 g/mol. The number of tetrazole rings is 1. The molecular weight excluding hydrogens is 220 g/mol. The summed E-state index contributed by atoms with van der Waals surface area (Å²) in [5.41, 5.74) is 0.608. The molecule has 0 fully saturated rings. The molecule has 0 unspecified atom stereocenters. The highest BCUT2D eigenvalue weighted by Crippen LogP contribution is 2.16. The minimum atomic E-state index is -4.15. The van der Waals surface area contributed by atoms with Crippen LogP contribution in [0.5, 0.6) is 0 Å². The van der Waals surface area contributed by atoms with Gasteiger partial charge in [0.05, 0.1) is 4.90 Å². The molecule has 0 aliphatic carbocycles. The lowest BCUT2D eigenvalue weighted by Gasteiger charge is -1.97. The lowest BCUT2D eigenvalue weighted by atomic mass is 10.2. The number of aromatic nitrogens is 4. The molecule has 0 saturated heterocycles. The molecule has 15 heavy (non-hydrogen) atoms. The first-order chi connectivity index (χ1) is 7.07. The summed E-state index contributed by atoms with van der Waals surface area (Å²) >= 11 is 0. The smallest absolute Gasteiger partial charge is 0.282 e. The molecule has 0 saturated carbocycles. The Morgan fingerprint density at radius 2 is 1.87 bits per heavy atom. The van der Waals surface area contributed by atoms with Crippen molar-refractivity contribution in [2.45, 2.75) is 4.90 Å². The maximum atomic E-state index is 10.7. The topological polar surface area (TPSA) is 109 Å². The van der Waals surface area contributed by atoms with E-state index in [0.29, 0.717) is 11.4 Å². The molecule has 2 rings (SSSR count). The van der Waals surface area contributed by atoms with Gasteiger partial charge >= 0.3 is 0 Å². The molecule has 0 bridgehead atoms. The fourth-order valence-corrected chi connectivity index (χ4v) is 1.54. The molecular formula is C7H6N4O3S. The third-order valence-electron chi connectivity index (χ3n) is 1.76. The Hall–Kier alpha value is -1.80. The summed E-state index contributed by atoms with van der Waals surface area (Å²) < 4.78 is 30.2. The van der Waals surface area contributed by atoms with Crippen molar-refractivity contribution in [3.8, 4) is 11.4 Å². The first kappa shape index (κ1) is 9.74. The van der Waals surface area contributed by atoms with Gasteiger partial charge in [0, 0.05) is 5.56 Å². The Morgan fingerprint density at radius 1 is 1.20 bits per heavy atom. The minimum absolute atomic E-state index is 0.172. The highest BCUT2D eigenvalue weighted by atomic mass is 32.2. The molecule has 8 heteroatoms. The van der Waals surface area contributed by atoms with Crippen LogP contribution in [0.3, 0.4) is 0 Å². The molecule has 0 amide bonds. The maximum Gasteiger partial charge on any atom is 0.294 e. The van der Waals surface area contributed by atoms with Gasteiger partial charge in [0.15, 0.2) is 0 Å². The van der Waals surface area contributed by atoms with Crippen molar-refractivity contribution in [1.82, 2.24) is 20.6 Å². The van der Waals surface area contributed by atoms with E-state index in [2.05, 4.69) is 20.6 Å². The first-order valence-corrected chi connectivity index (χ1v) is 5.33. The standard InChI is InChI=1S/C7H6N4O3S/c12-15(13,14)6-3-1-5(2-4-6)7-8-10-11-9-7/h1-4H,(H,12,13,14)(H,8,9,10,11). The largest absolute Gasteiger partial charge is 0.294 e. The zero-order valence-electron chi connectivity index (χ0n) is 7.32. The van der Waals surface area contributed by atoms with Gasteiger partial charge in [-0.3, -0.25) is 4.55 Å². The molecule has 2 N–H and O–H groups in total. The van der Waals surface area contributed by atoms with Gasteiger partial charge in [-0.2, -0.15) is 13.6 Å². The van der Waals surface area contributed by atoms with Gasteiger partial charge < -0.3 is 0 Å². The number of hydrogen-bond donors (Lipinski definition) is 2. The van der Waals surface area contributed by atoms with Crippen molar-refractivity contribution >= 4 is 10.1 Å². The first-order valence-electron chi connectivity index (χ1n) is 3.89. The highest BCUT2D eigenvalue weighted by Gasteiger charge is 2.09. The molecule has 0 aliphatic rings. The number of rotatable bonds is 2. The van der Waals surface area contributed by atoms with Crippen LogP contribution < -0.4 is 0 Å². The monoisotopic (exact) mass is 226 g/mol. The second kappa shape index (κ2) is 3.41. The highest BCUT2D eigenvalue weighted by molar-refractivity contribution is 7.85. The molecule has 1 aromatic carbocycles. The fraction of sp³-hybridized carbons (Fsp3) is 0. The van der Waals surface area contributed by atoms with Gasteiger partial charge in [-0.15, -0.1) is 10.2 Å². The Kier molecular flexibility index (Phi) is 2.21. The van der Waals surface area contributed by atoms with Crippen LogP contribution in [-0.4, -0.2) is 33.6 Å². The Morgan fingerprint density at radius 3 is 2.33 bits per heavy atom. The SMILES string of the molecule is O=S(=O)(O)c1ccc(-c2nn[nH]n2)cc1. The Balaban J connectivity index is 2.42. The molecule has 1 aromatic heterocycles. The fourth-order valence-electron chi connectivity index (χ4n) is 1.06. The predicted molar refractivity (Wildman–Crippen MR) is 49.4 cm³/mol. The van der Waals surface area contributed by atoms with Crippen molar-refractivity contribution in [3.05, 3.63) is 24.3 Å². The quantitative estimate of drug-likeness (QED) is 0.703. The molecule has 0 aliphatic heterocycles. The second-order valence-electron chi connectivity index (χ2n) is 2.73. The van der Waals surface area contributed by atoms with E-state index in [1.54, 1.807) is 0 Å². The lowest BCUT2D eigenvalue weighted by Crippen LogP contribution is -1.97. The lowest BCUT2D eigenvalue weighted by molar-refractivity contribution is 0.483. The number of aromatic amines is 1. The van der Waals surface area contributed by atoms with Crippen molar-refractivity contribution < 1.29 is 13.0 Å². The van der Waals surface area contributed by atoms with Crippen LogP contribution in [0.15, 0.2) is 29.2 Å². The summed E-state index contributed by atoms with van der Waals surface area (Å²) in [4.78, 5) is -0.172. The van der Waals surface area contributed by atoms with Crippen LogP contribution >= 0.6 is 0 Å². The average Bonchev–Trinajstić information content (AvgIpc) is 2.69. The number of H-pyrrole nitrogens is 1. The van der Waals surface area contributed by atoms with Gasteiger partial charge in [-0.25, -0.2) is 0 Å². The summed E-state index contributed by atoms with van der Waals surface area (Å²) in [5, 5.41) is 13.1. The van der Waals surface area contributed by atoms with E-state index in [0.717, 1.165) is 0 Å². The van der Waals surface area contributed by atoms with E-state index in [4.69, 9.17) is 4.55 Å². The zero-order chi connectivity index (χ0) is 10.9. The van der Waals surface area contributed by atoms with Crippen LogP contribution in [-0.2, 0) is 10.1 Å². The molecule has 0 spiro atoms. The summed E-state index contributed by atoms with van der Waals surface area (Å²) in [5.74, 6) is 0.358. The third kappa shape index (κ3) is 2.00. The van der Waals surface area contributed by atoms with Gasteiger partial charge in [-0.1, -0.05) is 0 Å². The third-order valence-corrected chi connectivity index (χ3v) is 2.62. The van der Waals surface area contributed by atoms with E-state index in [9.17, 15) is 8.42 Å². The Bertz CT molecular complexity index is 546. The minimum Gasteiger partial charge on any atom is -0.282 e. The van der Waals surface area contributed by atoms with Crippen LogP contribution in [0.25, 0.3) is 11.4 Å². The molecule has 78 valence electrons. The summed E-state index contributed by atoms with van der Waals surface area (Å²) in [6.45, 7) is 0. The molecule has 2 aromatic rings. The van der Waals surface area contributed by atoms with Crippen molar-refractivity contribution in [2.75, 3.05) is 0 Å². The van der Waals surface area contributed by atoms with Gasteiger partial charge in [0.2, 0.25) is 5.82 Å². The molecule has 0 radical (unpaired) electrons. The number of hydrogen-bond acceptors (Lipinski definition) is 5. The molecule has 0 atom stereocenters. The van der Waals surface area contributed by atoms with E-state index in [-0.39, 0.29) is 4.90 Å².